The number of cyclic esters (lactones) is 2. The second-order valence-corrected chi connectivity index (χ2v) is 18.8. The quantitative estimate of drug-likeness (QED) is 0.107. The topological polar surface area (TPSA) is 249 Å². The minimum atomic E-state index is -0.808. The van der Waals surface area contributed by atoms with Gasteiger partial charge in [-0.25, -0.2) is 28.3 Å². The number of nitrogens with zero attached hydrogens (tertiary/aromatic N) is 12. The SMILES string of the molecule is CC(=O)CC[C@H]1CN(c2ccc(-c3ccc(Nc4nnn(C)n4)nc3)c(F)c2)C(=O)O1.CC(=O)CC[C@H]1CN(c2ccc(B3OC(C)(C)C(C)(C)O3)c(F)c2)C(=O)O1.Cn1nnc(Nc2ccc(Br)cn2)n1. The maximum atomic E-state index is 14.8. The first-order chi connectivity index (χ1) is 34.1. The van der Waals surface area contributed by atoms with Gasteiger partial charge in [0.05, 0.1) is 49.8 Å². The third-order valence-corrected chi connectivity index (χ3v) is 12.2. The average Bonchev–Trinajstić information content (AvgIpc) is 4.15. The van der Waals surface area contributed by atoms with E-state index < -0.39 is 42.1 Å². The molecule has 7 heterocycles. The van der Waals surface area contributed by atoms with Gasteiger partial charge in [0.25, 0.3) is 11.9 Å². The Hall–Kier alpha value is -7.32. The number of hydrogen-bond acceptors (Lipinski definition) is 18. The molecule has 72 heavy (non-hydrogen) atoms. The van der Waals surface area contributed by atoms with Crippen molar-refractivity contribution in [2.75, 3.05) is 33.5 Å². The number of nitrogens with one attached hydrogen (secondary N) is 2. The summed E-state index contributed by atoms with van der Waals surface area (Å²) in [5.41, 5.74) is 0.889. The zero-order chi connectivity index (χ0) is 51.9. The normalized spacial score (nSPS) is 17.6. The molecule has 0 spiro atoms. The van der Waals surface area contributed by atoms with Crippen molar-refractivity contribution >= 4 is 87.2 Å². The van der Waals surface area contributed by atoms with Crippen LogP contribution in [0, 0.1) is 11.6 Å². The molecule has 0 radical (unpaired) electrons. The van der Waals surface area contributed by atoms with Crippen molar-refractivity contribution in [3.05, 3.63) is 89.2 Å². The lowest BCUT2D eigenvalue weighted by atomic mass is 9.78. The van der Waals surface area contributed by atoms with Crippen molar-refractivity contribution in [2.24, 2.45) is 14.1 Å². The van der Waals surface area contributed by atoms with Crippen LogP contribution in [0.25, 0.3) is 11.1 Å². The summed E-state index contributed by atoms with van der Waals surface area (Å²) in [6.45, 7) is 11.2. The number of carbonyl (C=O) groups is 4. The molecule has 4 aromatic heterocycles. The highest BCUT2D eigenvalue weighted by molar-refractivity contribution is 9.10. The molecule has 0 saturated carbocycles. The summed E-state index contributed by atoms with van der Waals surface area (Å²) >= 11 is 3.30. The van der Waals surface area contributed by atoms with Crippen LogP contribution in [0.2, 0.25) is 0 Å². The fourth-order valence-electron chi connectivity index (χ4n) is 7.22. The van der Waals surface area contributed by atoms with Crippen molar-refractivity contribution in [1.29, 1.82) is 0 Å². The van der Waals surface area contributed by atoms with Gasteiger partial charge in [-0.1, -0.05) is 16.3 Å². The number of amides is 2. The van der Waals surface area contributed by atoms with Gasteiger partial charge in [-0.3, -0.25) is 9.80 Å². The molecule has 6 aromatic rings. The van der Waals surface area contributed by atoms with E-state index in [4.69, 9.17) is 18.8 Å². The van der Waals surface area contributed by atoms with Crippen LogP contribution >= 0.6 is 15.9 Å². The molecule has 378 valence electrons. The molecule has 2 atom stereocenters. The highest BCUT2D eigenvalue weighted by Gasteiger charge is 2.52. The Kier molecular flexibility index (Phi) is 16.3. The lowest BCUT2D eigenvalue weighted by Gasteiger charge is -2.32. The number of aromatic nitrogens is 10. The Labute approximate surface area is 421 Å². The molecule has 22 nitrogen and oxygen atoms in total. The van der Waals surface area contributed by atoms with Gasteiger partial charge in [-0.05, 0) is 135 Å². The zero-order valence-electron chi connectivity index (χ0n) is 40.7. The average molecular weight is 1060 g/mol. The van der Waals surface area contributed by atoms with Gasteiger partial charge in [0.1, 0.15) is 47.0 Å². The van der Waals surface area contributed by atoms with Crippen molar-refractivity contribution in [3.8, 4) is 11.1 Å². The molecular weight excluding hydrogens is 1010 g/mol. The first-order valence-corrected chi connectivity index (χ1v) is 23.4. The van der Waals surface area contributed by atoms with Crippen LogP contribution in [0.5, 0.6) is 0 Å². The van der Waals surface area contributed by atoms with Gasteiger partial charge < -0.3 is 39.0 Å². The summed E-state index contributed by atoms with van der Waals surface area (Å²) in [4.78, 5) is 60.3. The van der Waals surface area contributed by atoms with E-state index >= 15 is 0 Å². The van der Waals surface area contributed by atoms with Crippen molar-refractivity contribution in [2.45, 2.75) is 90.6 Å². The first kappa shape index (κ1) is 52.5. The molecule has 26 heteroatoms. The lowest BCUT2D eigenvalue weighted by Crippen LogP contribution is -2.41. The lowest BCUT2D eigenvalue weighted by molar-refractivity contribution is -0.118. The van der Waals surface area contributed by atoms with Crippen LogP contribution in [0.3, 0.4) is 0 Å². The number of aryl methyl sites for hydroxylation is 2. The summed E-state index contributed by atoms with van der Waals surface area (Å²) in [6.07, 6.45) is 2.99. The molecule has 0 bridgehead atoms. The maximum absolute atomic E-state index is 14.8. The van der Waals surface area contributed by atoms with Gasteiger partial charge >= 0.3 is 19.3 Å². The van der Waals surface area contributed by atoms with E-state index in [1.807, 2.05) is 39.8 Å². The maximum Gasteiger partial charge on any atom is 0.497 e. The highest BCUT2D eigenvalue weighted by atomic mass is 79.9. The third kappa shape index (κ3) is 13.3. The predicted molar refractivity (Wildman–Crippen MR) is 263 cm³/mol. The van der Waals surface area contributed by atoms with Gasteiger partial charge in [0.15, 0.2) is 0 Å². The second-order valence-electron chi connectivity index (χ2n) is 17.9. The molecule has 2 N–H and O–H groups in total. The van der Waals surface area contributed by atoms with E-state index in [-0.39, 0.29) is 35.8 Å². The number of halogens is 3. The van der Waals surface area contributed by atoms with Gasteiger partial charge in [0, 0.05) is 46.3 Å². The molecule has 3 saturated heterocycles. The summed E-state index contributed by atoms with van der Waals surface area (Å²) in [5.74, 6) is 0.989. The molecule has 2 aromatic carbocycles. The fourth-order valence-corrected chi connectivity index (χ4v) is 7.45. The molecular formula is C46H52BBrF2N14O8. The van der Waals surface area contributed by atoms with Crippen LogP contribution in [0.15, 0.2) is 77.5 Å². The van der Waals surface area contributed by atoms with Gasteiger partial charge in [-0.2, -0.15) is 9.59 Å². The number of ether oxygens (including phenoxy) is 2. The fraction of sp³-hybridized carbons (Fsp3) is 0.391. The number of hydrogen-bond donors (Lipinski definition) is 2. The van der Waals surface area contributed by atoms with Crippen LogP contribution < -0.4 is 25.9 Å². The molecule has 3 aliphatic rings. The summed E-state index contributed by atoms with van der Waals surface area (Å²) in [6, 6.07) is 16.1. The molecule has 2 amide bonds. The minimum absolute atomic E-state index is 0.0349. The Morgan fingerprint density at radius 1 is 0.708 bits per heavy atom. The number of tetrazole rings is 2. The van der Waals surface area contributed by atoms with Crippen molar-refractivity contribution in [1.82, 2.24) is 50.4 Å². The van der Waals surface area contributed by atoms with Crippen LogP contribution in [0.4, 0.5) is 53.3 Å². The first-order valence-electron chi connectivity index (χ1n) is 22.6. The number of ketones is 2. The zero-order valence-corrected chi connectivity index (χ0v) is 42.3. The number of benzene rings is 2. The largest absolute Gasteiger partial charge is 0.497 e. The van der Waals surface area contributed by atoms with E-state index in [1.54, 1.807) is 56.7 Å². The third-order valence-electron chi connectivity index (χ3n) is 11.8. The Morgan fingerprint density at radius 2 is 1.19 bits per heavy atom. The van der Waals surface area contributed by atoms with E-state index in [9.17, 15) is 28.0 Å². The van der Waals surface area contributed by atoms with E-state index in [0.717, 1.165) is 4.47 Å². The van der Waals surface area contributed by atoms with E-state index in [2.05, 4.69) is 67.4 Å². The highest BCUT2D eigenvalue weighted by Crippen LogP contribution is 2.37. The van der Waals surface area contributed by atoms with Gasteiger partial charge in [0.2, 0.25) is 0 Å². The molecule has 3 aliphatic heterocycles. The molecule has 0 aliphatic carbocycles. The Morgan fingerprint density at radius 3 is 1.61 bits per heavy atom. The Bertz CT molecular complexity index is 2890. The van der Waals surface area contributed by atoms with E-state index in [1.165, 1.54) is 51.6 Å². The summed E-state index contributed by atoms with van der Waals surface area (Å²) < 4.78 is 52.8. The summed E-state index contributed by atoms with van der Waals surface area (Å²) in [7, 11) is 2.54. The van der Waals surface area contributed by atoms with Crippen LogP contribution in [0.1, 0.15) is 67.2 Å². The number of carbonyl (C=O) groups excluding carboxylic acids is 4. The minimum Gasteiger partial charge on any atom is -0.444 e. The number of anilines is 6. The Balaban J connectivity index is 0.000000169. The number of rotatable bonds is 14. The standard InChI is InChI=1S/C20H20FN7O3.C19H25BFNO5.C7H7BrN6/c1-12(29)3-6-15-11-28(20(30)31-15)14-5-7-16(17(21)9-14)13-4-8-18(22-10-13)23-19-24-26-27(2)25-19;1-12(23)6-8-14-11-22(17(24)25-14)13-7-9-15(16(21)10-13)20-26-18(2,3)19(4,5)27-20;1-14-12-7(11-13-14)10-6-3-2-5(8)4-9-6/h4-5,7-10,15H,3,6,11H2,1-2H3,(H,22,23,25);7,9-10,14H,6,8,11H2,1-5H3;2-4H,1H3,(H,9,10,12)/t15-;14-;/m00./s1. The number of pyridine rings is 2. The predicted octanol–water partition coefficient (Wildman–Crippen LogP) is 6.78. The van der Waals surface area contributed by atoms with Crippen LogP contribution in [-0.2, 0) is 42.5 Å². The van der Waals surface area contributed by atoms with Gasteiger partial charge in [-0.15, -0.1) is 10.2 Å². The second kappa shape index (κ2) is 22.4. The number of Topliss-reactive ketones (excluding diaryl/α,β-unsaturated/α-hetero) is 2. The van der Waals surface area contributed by atoms with Crippen LogP contribution in [-0.4, -0.2) is 118 Å². The van der Waals surface area contributed by atoms with E-state index in [0.29, 0.717) is 78.3 Å². The molecule has 0 unspecified atom stereocenters. The molecule has 3 fully saturated rings. The summed E-state index contributed by atoms with van der Waals surface area (Å²) in [5, 5.41) is 28.8. The van der Waals surface area contributed by atoms with Crippen molar-refractivity contribution in [3.63, 3.8) is 0 Å². The monoisotopic (exact) mass is 1060 g/mol. The van der Waals surface area contributed by atoms with Crippen molar-refractivity contribution < 1.29 is 46.7 Å². The smallest absolute Gasteiger partial charge is 0.444 e. The molecule has 9 rings (SSSR count).